The molecule has 0 atom stereocenters. The van der Waals surface area contributed by atoms with Crippen LogP contribution in [0.5, 0.6) is 11.5 Å². The minimum absolute atomic E-state index is 0.231. The molecule has 0 spiro atoms. The normalized spacial score (nSPS) is 16.5. The van der Waals surface area contributed by atoms with Crippen LogP contribution in [0, 0.1) is 0 Å². The first-order valence-electron chi connectivity index (χ1n) is 14.2. The van der Waals surface area contributed by atoms with E-state index < -0.39 is 0 Å². The van der Waals surface area contributed by atoms with Gasteiger partial charge in [-0.15, -0.1) is 0 Å². The topological polar surface area (TPSA) is 88.1 Å². The summed E-state index contributed by atoms with van der Waals surface area (Å²) in [4.78, 5) is 30.3. The van der Waals surface area contributed by atoms with Gasteiger partial charge in [0.2, 0.25) is 5.78 Å². The molecule has 3 aromatic carbocycles. The maximum Gasteiger partial charge on any atom is 0.318 e. The van der Waals surface area contributed by atoms with E-state index in [1.165, 1.54) is 0 Å². The number of aromatic nitrogens is 1. The summed E-state index contributed by atoms with van der Waals surface area (Å²) in [6.45, 7) is 5.92. The molecule has 0 saturated carbocycles. The number of likely N-dealkylation sites (N-methyl/N-ethyl adjacent to an activating group) is 1. The fourth-order valence-corrected chi connectivity index (χ4v) is 5.68. The molecule has 4 aromatic rings. The SMILES string of the molecule is CNC(=O)Nc1ccc2c(c1)C(=O)C(=Cc1c(-c3ccccc3)n(CCN3CCN(C)CC3)c3ccc(OC)cc13)O2. The molecule has 0 bridgehead atoms. The summed E-state index contributed by atoms with van der Waals surface area (Å²) in [7, 11) is 5.37. The number of benzene rings is 3. The molecule has 3 heterocycles. The molecule has 9 heteroatoms. The van der Waals surface area contributed by atoms with E-state index in [1.807, 2.05) is 36.4 Å². The lowest BCUT2D eigenvalue weighted by atomic mass is 10.0. The molecule has 0 aliphatic carbocycles. The van der Waals surface area contributed by atoms with E-state index in [9.17, 15) is 9.59 Å². The predicted molar refractivity (Wildman–Crippen MR) is 165 cm³/mol. The van der Waals surface area contributed by atoms with Gasteiger partial charge in [0.25, 0.3) is 0 Å². The maximum atomic E-state index is 13.6. The van der Waals surface area contributed by atoms with Gasteiger partial charge in [0.05, 0.1) is 18.4 Å². The number of urea groups is 1. The summed E-state index contributed by atoms with van der Waals surface area (Å²) in [6.07, 6.45) is 1.85. The number of hydrogen-bond acceptors (Lipinski definition) is 6. The van der Waals surface area contributed by atoms with E-state index in [4.69, 9.17) is 9.47 Å². The third kappa shape index (κ3) is 5.36. The van der Waals surface area contributed by atoms with E-state index >= 15 is 0 Å². The number of rotatable bonds is 7. The Morgan fingerprint density at radius 2 is 1.79 bits per heavy atom. The van der Waals surface area contributed by atoms with Crippen LogP contribution >= 0.6 is 0 Å². The van der Waals surface area contributed by atoms with Crippen molar-refractivity contribution in [1.82, 2.24) is 19.7 Å². The smallest absolute Gasteiger partial charge is 0.318 e. The minimum Gasteiger partial charge on any atom is -0.497 e. The Kier molecular flexibility index (Phi) is 7.69. The lowest BCUT2D eigenvalue weighted by molar-refractivity contribution is 0.101. The second kappa shape index (κ2) is 11.7. The molecule has 0 radical (unpaired) electrons. The van der Waals surface area contributed by atoms with Crippen LogP contribution in [0.2, 0.25) is 0 Å². The lowest BCUT2D eigenvalue weighted by Crippen LogP contribution is -2.45. The molecule has 1 fully saturated rings. The summed E-state index contributed by atoms with van der Waals surface area (Å²) >= 11 is 0. The van der Waals surface area contributed by atoms with Crippen LogP contribution in [0.1, 0.15) is 15.9 Å². The summed E-state index contributed by atoms with van der Waals surface area (Å²) in [5.41, 5.74) is 4.96. The molecule has 2 aliphatic heterocycles. The predicted octanol–water partition coefficient (Wildman–Crippen LogP) is 4.93. The zero-order valence-electron chi connectivity index (χ0n) is 24.1. The molecule has 6 rings (SSSR count). The number of anilines is 1. The van der Waals surface area contributed by atoms with Gasteiger partial charge in [-0.2, -0.15) is 0 Å². The molecule has 1 saturated heterocycles. The van der Waals surface area contributed by atoms with E-state index in [0.717, 1.165) is 72.7 Å². The van der Waals surface area contributed by atoms with Crippen molar-refractivity contribution in [3.63, 3.8) is 0 Å². The van der Waals surface area contributed by atoms with Gasteiger partial charge in [0.1, 0.15) is 11.5 Å². The van der Waals surface area contributed by atoms with Crippen molar-refractivity contribution in [3.05, 3.63) is 83.6 Å². The number of piperazine rings is 1. The Hall–Kier alpha value is -4.60. The summed E-state index contributed by atoms with van der Waals surface area (Å²) in [5, 5.41) is 6.22. The van der Waals surface area contributed by atoms with Crippen molar-refractivity contribution in [2.45, 2.75) is 6.54 Å². The molecule has 2 aliphatic rings. The highest BCUT2D eigenvalue weighted by atomic mass is 16.5. The molecule has 216 valence electrons. The summed E-state index contributed by atoms with van der Waals surface area (Å²) in [6, 6.07) is 21.1. The van der Waals surface area contributed by atoms with Crippen LogP contribution in [0.4, 0.5) is 10.5 Å². The van der Waals surface area contributed by atoms with Crippen LogP contribution in [-0.2, 0) is 6.54 Å². The van der Waals surface area contributed by atoms with E-state index in [1.54, 1.807) is 32.4 Å². The van der Waals surface area contributed by atoms with Gasteiger partial charge >= 0.3 is 6.03 Å². The maximum absolute atomic E-state index is 13.6. The number of carbonyl (C=O) groups is 2. The highest BCUT2D eigenvalue weighted by Crippen LogP contribution is 2.40. The Morgan fingerprint density at radius 3 is 2.52 bits per heavy atom. The number of fused-ring (bicyclic) bond motifs is 2. The van der Waals surface area contributed by atoms with Crippen molar-refractivity contribution in [2.75, 3.05) is 59.2 Å². The monoisotopic (exact) mass is 565 g/mol. The van der Waals surface area contributed by atoms with Crippen LogP contribution in [0.3, 0.4) is 0 Å². The lowest BCUT2D eigenvalue weighted by Gasteiger charge is -2.32. The number of methoxy groups -OCH3 is 1. The number of ketones is 1. The number of Topliss-reactive ketones (excluding diaryl/α,β-unsaturated/α-hetero) is 1. The highest BCUT2D eigenvalue weighted by Gasteiger charge is 2.29. The quantitative estimate of drug-likeness (QED) is 0.309. The van der Waals surface area contributed by atoms with Gasteiger partial charge in [-0.3, -0.25) is 9.69 Å². The van der Waals surface area contributed by atoms with Gasteiger partial charge in [0, 0.05) is 68.5 Å². The Morgan fingerprint density at radius 1 is 1.00 bits per heavy atom. The first-order valence-corrected chi connectivity index (χ1v) is 14.2. The average Bonchev–Trinajstić information content (AvgIpc) is 3.50. The van der Waals surface area contributed by atoms with Gasteiger partial charge in [-0.05, 0) is 55.1 Å². The largest absolute Gasteiger partial charge is 0.497 e. The molecule has 9 nitrogen and oxygen atoms in total. The van der Waals surface area contributed by atoms with E-state index in [-0.39, 0.29) is 17.6 Å². The van der Waals surface area contributed by atoms with Crippen molar-refractivity contribution in [1.29, 1.82) is 0 Å². The third-order valence-corrected chi connectivity index (χ3v) is 8.02. The molecule has 2 N–H and O–H groups in total. The number of allylic oxidation sites excluding steroid dienone is 1. The number of hydrogen-bond donors (Lipinski definition) is 2. The van der Waals surface area contributed by atoms with Crippen molar-refractivity contribution in [2.24, 2.45) is 0 Å². The molecular formula is C33H35N5O4. The van der Waals surface area contributed by atoms with Crippen molar-refractivity contribution >= 4 is 34.5 Å². The van der Waals surface area contributed by atoms with Gasteiger partial charge in [0.15, 0.2) is 5.76 Å². The zero-order chi connectivity index (χ0) is 29.2. The first-order chi connectivity index (χ1) is 20.4. The number of amides is 2. The summed E-state index contributed by atoms with van der Waals surface area (Å²) in [5.74, 6) is 1.21. The minimum atomic E-state index is -0.358. The van der Waals surface area contributed by atoms with Crippen LogP contribution in [0.25, 0.3) is 28.2 Å². The Bertz CT molecular complexity index is 1670. The second-order valence-electron chi connectivity index (χ2n) is 10.7. The van der Waals surface area contributed by atoms with Gasteiger partial charge < -0.3 is 29.6 Å². The fraction of sp³-hybridized carbons (Fsp3) is 0.273. The summed E-state index contributed by atoms with van der Waals surface area (Å²) < 4.78 is 14.1. The van der Waals surface area contributed by atoms with Gasteiger partial charge in [-0.1, -0.05) is 30.3 Å². The molecule has 1 aromatic heterocycles. The molecule has 2 amide bonds. The second-order valence-corrected chi connectivity index (χ2v) is 10.7. The van der Waals surface area contributed by atoms with E-state index in [0.29, 0.717) is 17.0 Å². The van der Waals surface area contributed by atoms with Crippen molar-refractivity contribution < 1.29 is 19.1 Å². The first kappa shape index (κ1) is 27.6. The standard InChI is InChI=1S/C33H35N5O4/c1-34-33(40)35-23-9-12-29-27(19-23)32(39)30(42-29)21-26-25-20-24(41-3)10-11-28(25)38(31(26)22-7-5-4-6-8-22)18-17-37-15-13-36(2)14-16-37/h4-12,19-21H,13-18H2,1-3H3,(H2,34,35,40). The van der Waals surface area contributed by atoms with Crippen molar-refractivity contribution in [3.8, 4) is 22.8 Å². The number of ether oxygens (including phenoxy) is 2. The van der Waals surface area contributed by atoms with Gasteiger partial charge in [-0.25, -0.2) is 4.79 Å². The van der Waals surface area contributed by atoms with Crippen LogP contribution in [-0.4, -0.2) is 80.1 Å². The third-order valence-electron chi connectivity index (χ3n) is 8.02. The number of nitrogens with zero attached hydrogens (tertiary/aromatic N) is 3. The highest BCUT2D eigenvalue weighted by molar-refractivity contribution is 6.16. The van der Waals surface area contributed by atoms with Crippen LogP contribution < -0.4 is 20.1 Å². The molecule has 42 heavy (non-hydrogen) atoms. The number of carbonyl (C=O) groups excluding carboxylic acids is 2. The Balaban J connectivity index is 1.45. The molecule has 0 unspecified atom stereocenters. The van der Waals surface area contributed by atoms with E-state index in [2.05, 4.69) is 50.2 Å². The fourth-order valence-electron chi connectivity index (χ4n) is 5.68. The molecular weight excluding hydrogens is 530 g/mol. The average molecular weight is 566 g/mol. The Labute approximate surface area is 245 Å². The zero-order valence-corrected chi connectivity index (χ0v) is 24.1. The number of nitrogens with one attached hydrogen (secondary N) is 2. The van der Waals surface area contributed by atoms with Crippen LogP contribution in [0.15, 0.2) is 72.5 Å².